The van der Waals surface area contributed by atoms with Crippen LogP contribution >= 0.6 is 0 Å². The minimum absolute atomic E-state index is 1.09. The Morgan fingerprint density at radius 1 is 1.50 bits per heavy atom. The molecule has 2 rings (SSSR count). The van der Waals surface area contributed by atoms with Crippen LogP contribution in [0.3, 0.4) is 0 Å². The lowest BCUT2D eigenvalue weighted by molar-refractivity contribution is 0.924. The van der Waals surface area contributed by atoms with Gasteiger partial charge in [-0.25, -0.2) is 0 Å². The van der Waals surface area contributed by atoms with Crippen molar-refractivity contribution in [3.8, 4) is 0 Å². The monoisotopic (exact) mass is 159 g/mol. The summed E-state index contributed by atoms with van der Waals surface area (Å²) in [5.74, 6) is 0. The zero-order valence-corrected chi connectivity index (χ0v) is 7.09. The van der Waals surface area contributed by atoms with Gasteiger partial charge in [-0.15, -0.1) is 0 Å². The zero-order chi connectivity index (χ0) is 8.39. The fourth-order valence-electron chi connectivity index (χ4n) is 1.43. The molecule has 0 aliphatic heterocycles. The van der Waals surface area contributed by atoms with Gasteiger partial charge in [0, 0.05) is 5.39 Å². The van der Waals surface area contributed by atoms with E-state index in [2.05, 4.69) is 23.2 Å². The summed E-state index contributed by atoms with van der Waals surface area (Å²) in [5, 5.41) is 8.16. The summed E-state index contributed by atoms with van der Waals surface area (Å²) in [4.78, 5) is 0. The summed E-state index contributed by atoms with van der Waals surface area (Å²) >= 11 is 0. The van der Waals surface area contributed by atoms with Crippen molar-refractivity contribution in [1.29, 1.82) is 0 Å². The molecule has 1 radical (unpaired) electrons. The van der Waals surface area contributed by atoms with Crippen molar-refractivity contribution in [2.24, 2.45) is 0 Å². The number of aromatic amines is 1. The molecule has 1 aromatic carbocycles. The maximum Gasteiger partial charge on any atom is 0.0682 e. The van der Waals surface area contributed by atoms with E-state index < -0.39 is 0 Å². The Morgan fingerprint density at radius 3 is 3.25 bits per heavy atom. The highest BCUT2D eigenvalue weighted by Gasteiger charge is 2.00. The fourth-order valence-corrected chi connectivity index (χ4v) is 1.43. The number of nitrogens with one attached hydrogen (secondary N) is 1. The molecule has 0 amide bonds. The lowest BCUT2D eigenvalue weighted by atomic mass is 10.1. The molecule has 0 aliphatic carbocycles. The highest BCUT2D eigenvalue weighted by atomic mass is 15.1. The van der Waals surface area contributed by atoms with Gasteiger partial charge in [-0.3, -0.25) is 5.10 Å². The number of fused-ring (bicyclic) bond motifs is 1. The lowest BCUT2D eigenvalue weighted by Gasteiger charge is -1.98. The first-order chi connectivity index (χ1) is 5.92. The zero-order valence-electron chi connectivity index (χ0n) is 7.09. The molecule has 0 atom stereocenters. The molecule has 0 aliphatic rings. The summed E-state index contributed by atoms with van der Waals surface area (Å²) in [5.41, 5.74) is 2.48. The third-order valence-corrected chi connectivity index (χ3v) is 2.01. The molecule has 1 heterocycles. The van der Waals surface area contributed by atoms with Crippen LogP contribution in [0.2, 0.25) is 0 Å². The van der Waals surface area contributed by atoms with Gasteiger partial charge in [0.1, 0.15) is 0 Å². The highest BCUT2D eigenvalue weighted by molar-refractivity contribution is 5.80. The van der Waals surface area contributed by atoms with Crippen molar-refractivity contribution in [3.63, 3.8) is 0 Å². The number of hydrogen-bond donors (Lipinski definition) is 1. The molecule has 61 valence electrons. The van der Waals surface area contributed by atoms with Crippen LogP contribution in [-0.4, -0.2) is 10.2 Å². The molecule has 0 saturated carbocycles. The third kappa shape index (κ3) is 1.09. The standard InChI is InChI=1S/C10H11N2/c1-2-4-8-5-3-6-9-7-11-12-10(8)9/h5-7H,2,4H2,1H3,(H,11,12). The molecule has 0 spiro atoms. The molecule has 1 N–H and O–H groups in total. The van der Waals surface area contributed by atoms with Crippen molar-refractivity contribution < 1.29 is 0 Å². The number of rotatable bonds is 2. The molecule has 0 saturated heterocycles. The normalized spacial score (nSPS) is 10.8. The Bertz CT molecular complexity index is 376. The van der Waals surface area contributed by atoms with Gasteiger partial charge in [0.15, 0.2) is 0 Å². The minimum atomic E-state index is 1.09. The second-order valence-corrected chi connectivity index (χ2v) is 2.93. The summed E-state index contributed by atoms with van der Waals surface area (Å²) in [6.45, 7) is 2.18. The Labute approximate surface area is 71.6 Å². The van der Waals surface area contributed by atoms with Gasteiger partial charge < -0.3 is 0 Å². The molecule has 1 aromatic heterocycles. The number of H-pyrrole nitrogens is 1. The van der Waals surface area contributed by atoms with E-state index in [1.54, 1.807) is 0 Å². The predicted molar refractivity (Wildman–Crippen MR) is 48.9 cm³/mol. The summed E-state index contributed by atoms with van der Waals surface area (Å²) in [6.07, 6.45) is 4.09. The van der Waals surface area contributed by atoms with Gasteiger partial charge in [-0.05, 0) is 30.2 Å². The maximum atomic E-state index is 4.00. The molecule has 12 heavy (non-hydrogen) atoms. The molecule has 0 fully saturated rings. The number of nitrogens with zero attached hydrogens (tertiary/aromatic N) is 1. The Balaban J connectivity index is 2.57. The van der Waals surface area contributed by atoms with Gasteiger partial charge in [0.05, 0.1) is 11.7 Å². The Morgan fingerprint density at radius 2 is 2.42 bits per heavy atom. The van der Waals surface area contributed by atoms with Crippen molar-refractivity contribution in [3.05, 3.63) is 30.0 Å². The first kappa shape index (κ1) is 7.35. The smallest absolute Gasteiger partial charge is 0.0682 e. The van der Waals surface area contributed by atoms with E-state index in [1.165, 1.54) is 5.56 Å². The first-order valence-electron chi connectivity index (χ1n) is 4.24. The summed E-state index contributed by atoms with van der Waals surface area (Å²) < 4.78 is 0. The van der Waals surface area contributed by atoms with E-state index in [0.29, 0.717) is 0 Å². The van der Waals surface area contributed by atoms with Crippen LogP contribution < -0.4 is 0 Å². The minimum Gasteiger partial charge on any atom is -0.278 e. The molecule has 2 heteroatoms. The molecular weight excluding hydrogens is 148 g/mol. The summed E-state index contributed by atoms with van der Waals surface area (Å²) in [7, 11) is 0. The molecule has 0 bridgehead atoms. The van der Waals surface area contributed by atoms with E-state index in [1.807, 2.05) is 18.3 Å². The predicted octanol–water partition coefficient (Wildman–Crippen LogP) is 2.32. The van der Waals surface area contributed by atoms with E-state index in [0.717, 1.165) is 23.7 Å². The second kappa shape index (κ2) is 2.97. The molecule has 0 unspecified atom stereocenters. The van der Waals surface area contributed by atoms with Crippen LogP contribution in [0.4, 0.5) is 0 Å². The van der Waals surface area contributed by atoms with E-state index in [4.69, 9.17) is 0 Å². The highest BCUT2D eigenvalue weighted by Crippen LogP contribution is 2.16. The van der Waals surface area contributed by atoms with E-state index in [-0.39, 0.29) is 0 Å². The fraction of sp³-hybridized carbons (Fsp3) is 0.300. The topological polar surface area (TPSA) is 28.7 Å². The average Bonchev–Trinajstić information content (AvgIpc) is 2.53. The Hall–Kier alpha value is -1.31. The number of aryl methyl sites for hydroxylation is 1. The number of aromatic nitrogens is 2. The van der Waals surface area contributed by atoms with Crippen molar-refractivity contribution in [2.75, 3.05) is 0 Å². The molecular formula is C10H11N2. The largest absolute Gasteiger partial charge is 0.278 e. The van der Waals surface area contributed by atoms with Crippen molar-refractivity contribution in [1.82, 2.24) is 10.2 Å². The summed E-state index contributed by atoms with van der Waals surface area (Å²) in [6, 6.07) is 7.10. The van der Waals surface area contributed by atoms with Crippen molar-refractivity contribution >= 4 is 10.9 Å². The average molecular weight is 159 g/mol. The van der Waals surface area contributed by atoms with Gasteiger partial charge in [-0.1, -0.05) is 13.3 Å². The van der Waals surface area contributed by atoms with Gasteiger partial charge in [-0.2, -0.15) is 5.10 Å². The lowest BCUT2D eigenvalue weighted by Crippen LogP contribution is -1.84. The SMILES string of the molecule is CCCc1c[c]cc2cn[nH]c12. The number of benzene rings is 1. The quantitative estimate of drug-likeness (QED) is 0.715. The maximum absolute atomic E-state index is 4.00. The van der Waals surface area contributed by atoms with E-state index in [9.17, 15) is 0 Å². The van der Waals surface area contributed by atoms with Crippen LogP contribution in [0.25, 0.3) is 10.9 Å². The van der Waals surface area contributed by atoms with E-state index >= 15 is 0 Å². The third-order valence-electron chi connectivity index (χ3n) is 2.01. The van der Waals surface area contributed by atoms with Crippen LogP contribution in [0.1, 0.15) is 18.9 Å². The second-order valence-electron chi connectivity index (χ2n) is 2.93. The molecule has 2 aromatic rings. The van der Waals surface area contributed by atoms with Crippen LogP contribution in [0, 0.1) is 6.07 Å². The van der Waals surface area contributed by atoms with Gasteiger partial charge >= 0.3 is 0 Å². The van der Waals surface area contributed by atoms with Gasteiger partial charge in [0.2, 0.25) is 0 Å². The Kier molecular flexibility index (Phi) is 1.82. The van der Waals surface area contributed by atoms with Crippen LogP contribution in [0.5, 0.6) is 0 Å². The number of hydrogen-bond acceptors (Lipinski definition) is 1. The van der Waals surface area contributed by atoms with Crippen LogP contribution in [0.15, 0.2) is 18.3 Å². The first-order valence-corrected chi connectivity index (χ1v) is 4.24. The molecule has 2 nitrogen and oxygen atoms in total. The van der Waals surface area contributed by atoms with Gasteiger partial charge in [0.25, 0.3) is 0 Å². The van der Waals surface area contributed by atoms with Crippen LogP contribution in [-0.2, 0) is 6.42 Å². The van der Waals surface area contributed by atoms with Crippen molar-refractivity contribution in [2.45, 2.75) is 19.8 Å².